The van der Waals surface area contributed by atoms with Gasteiger partial charge in [-0.15, -0.1) is 0 Å². The molecular formula is C25H20F3N3O6. The van der Waals surface area contributed by atoms with Gasteiger partial charge >= 0.3 is 11.9 Å². The molecule has 0 atom stereocenters. The molecule has 0 saturated heterocycles. The van der Waals surface area contributed by atoms with E-state index < -0.39 is 34.0 Å². The Hall–Kier alpha value is -4.87. The van der Waals surface area contributed by atoms with Crippen molar-refractivity contribution in [2.75, 3.05) is 13.7 Å². The van der Waals surface area contributed by atoms with E-state index in [-0.39, 0.29) is 17.9 Å². The van der Waals surface area contributed by atoms with Crippen LogP contribution < -0.4 is 19.6 Å². The van der Waals surface area contributed by atoms with Crippen LogP contribution in [0.15, 0.2) is 78.4 Å². The second-order valence-electron chi connectivity index (χ2n) is 7.24. The number of amides is 1. The van der Waals surface area contributed by atoms with Crippen molar-refractivity contribution in [1.82, 2.24) is 5.43 Å². The molecule has 3 rings (SSSR count). The third-order valence-electron chi connectivity index (χ3n) is 4.77. The largest absolute Gasteiger partial charge is 0.493 e. The summed E-state index contributed by atoms with van der Waals surface area (Å²) in [5, 5.41) is 15.2. The van der Waals surface area contributed by atoms with Gasteiger partial charge in [0.15, 0.2) is 11.5 Å². The zero-order valence-electron chi connectivity index (χ0n) is 19.3. The maximum atomic E-state index is 13.0. The minimum absolute atomic E-state index is 0.0637. The molecule has 1 N–H and O–H groups in total. The summed E-state index contributed by atoms with van der Waals surface area (Å²) >= 11 is 0. The van der Waals surface area contributed by atoms with Crippen LogP contribution in [0.3, 0.4) is 0 Å². The van der Waals surface area contributed by atoms with Crippen molar-refractivity contribution in [3.63, 3.8) is 0 Å². The molecule has 9 nitrogen and oxygen atoms in total. The predicted molar refractivity (Wildman–Crippen MR) is 128 cm³/mol. The molecule has 12 heteroatoms. The van der Waals surface area contributed by atoms with Crippen molar-refractivity contribution < 1.29 is 37.1 Å². The van der Waals surface area contributed by atoms with Crippen molar-refractivity contribution in [3.05, 3.63) is 100 Å². The Labute approximate surface area is 208 Å². The second kappa shape index (κ2) is 11.7. The smallest absolute Gasteiger partial charge is 0.416 e. The fourth-order valence-electron chi connectivity index (χ4n) is 3.02. The molecule has 3 aromatic rings. The maximum absolute atomic E-state index is 13.0. The number of ether oxygens (including phenoxy) is 3. The molecule has 192 valence electrons. The van der Waals surface area contributed by atoms with Crippen molar-refractivity contribution in [3.8, 4) is 23.0 Å². The molecule has 0 aromatic heterocycles. The molecule has 37 heavy (non-hydrogen) atoms. The number of benzene rings is 3. The summed E-state index contributed by atoms with van der Waals surface area (Å²) in [7, 11) is 1.42. The van der Waals surface area contributed by atoms with E-state index >= 15 is 0 Å². The van der Waals surface area contributed by atoms with Crippen LogP contribution in [-0.4, -0.2) is 30.8 Å². The van der Waals surface area contributed by atoms with E-state index in [1.807, 2.05) is 0 Å². The van der Waals surface area contributed by atoms with Crippen LogP contribution in [-0.2, 0) is 6.18 Å². The van der Waals surface area contributed by atoms with Crippen LogP contribution in [0.2, 0.25) is 0 Å². The normalized spacial score (nSPS) is 11.1. The van der Waals surface area contributed by atoms with Gasteiger partial charge < -0.3 is 14.2 Å². The fourth-order valence-corrected chi connectivity index (χ4v) is 3.02. The van der Waals surface area contributed by atoms with E-state index in [2.05, 4.69) is 17.1 Å². The first-order valence-corrected chi connectivity index (χ1v) is 10.5. The number of rotatable bonds is 10. The van der Waals surface area contributed by atoms with E-state index in [1.54, 1.807) is 24.3 Å². The number of para-hydroxylation sites is 1. The number of nitrogens with one attached hydrogen (secondary N) is 1. The number of carbonyl (C=O) groups excluding carboxylic acids is 1. The number of hydrazone groups is 1. The van der Waals surface area contributed by atoms with Gasteiger partial charge in [0.05, 0.1) is 23.8 Å². The summed E-state index contributed by atoms with van der Waals surface area (Å²) in [5.74, 6) is -0.148. The van der Waals surface area contributed by atoms with Crippen LogP contribution >= 0.6 is 0 Å². The van der Waals surface area contributed by atoms with Crippen molar-refractivity contribution in [2.45, 2.75) is 6.18 Å². The number of carbonyl (C=O) groups is 1. The van der Waals surface area contributed by atoms with E-state index in [4.69, 9.17) is 14.2 Å². The van der Waals surface area contributed by atoms with Gasteiger partial charge in [-0.3, -0.25) is 14.9 Å². The average Bonchev–Trinajstić information content (AvgIpc) is 2.87. The molecule has 3 aromatic carbocycles. The molecule has 0 heterocycles. The average molecular weight is 515 g/mol. The van der Waals surface area contributed by atoms with Crippen LogP contribution in [0.25, 0.3) is 0 Å². The highest BCUT2D eigenvalue weighted by atomic mass is 19.4. The topological polar surface area (TPSA) is 112 Å². The number of alkyl halides is 3. The maximum Gasteiger partial charge on any atom is 0.416 e. The summed E-state index contributed by atoms with van der Waals surface area (Å²) in [6, 6.07) is 12.6. The molecule has 0 saturated carbocycles. The fraction of sp³-hybridized carbons (Fsp3) is 0.120. The van der Waals surface area contributed by atoms with E-state index in [0.717, 1.165) is 6.07 Å². The SMILES string of the molecule is C=CCOc1ccc(C(=O)N/N=C/c2ccccc2Oc2ccc(C(F)(F)F)cc2[N+](=O)[O-])cc1OC. The number of nitro benzene ring substituents is 1. The minimum Gasteiger partial charge on any atom is -0.493 e. The Morgan fingerprint density at radius 1 is 1.08 bits per heavy atom. The third kappa shape index (κ3) is 6.84. The lowest BCUT2D eigenvalue weighted by Crippen LogP contribution is -2.17. The highest BCUT2D eigenvalue weighted by molar-refractivity contribution is 5.95. The predicted octanol–water partition coefficient (Wildman–Crippen LogP) is 5.74. The minimum atomic E-state index is -4.75. The van der Waals surface area contributed by atoms with Gasteiger partial charge in [0.25, 0.3) is 5.91 Å². The second-order valence-corrected chi connectivity index (χ2v) is 7.24. The van der Waals surface area contributed by atoms with Gasteiger partial charge in [0.2, 0.25) is 5.75 Å². The first-order chi connectivity index (χ1) is 17.6. The molecule has 0 aliphatic heterocycles. The Balaban J connectivity index is 1.78. The van der Waals surface area contributed by atoms with Gasteiger partial charge in [0.1, 0.15) is 12.4 Å². The molecule has 0 fully saturated rings. The monoisotopic (exact) mass is 515 g/mol. The van der Waals surface area contributed by atoms with Crippen LogP contribution in [0.1, 0.15) is 21.5 Å². The highest BCUT2D eigenvalue weighted by Crippen LogP contribution is 2.38. The number of methoxy groups -OCH3 is 1. The number of hydrogen-bond donors (Lipinski definition) is 1. The summed E-state index contributed by atoms with van der Waals surface area (Å²) in [6.07, 6.45) is -1.97. The van der Waals surface area contributed by atoms with Gasteiger partial charge in [-0.25, -0.2) is 5.43 Å². The Morgan fingerprint density at radius 2 is 1.81 bits per heavy atom. The quantitative estimate of drug-likeness (QED) is 0.159. The standard InChI is InChI=1S/C25H20F3N3O6/c1-3-12-36-22-10-8-16(13-23(22)35-2)24(32)30-29-15-17-6-4-5-7-20(17)37-21-11-9-18(25(26,27)28)14-19(21)31(33)34/h3-11,13-15H,1,12H2,2H3,(H,30,32)/b29-15+. The van der Waals surface area contributed by atoms with Crippen LogP contribution in [0, 0.1) is 10.1 Å². The molecule has 0 aliphatic rings. The van der Waals surface area contributed by atoms with Crippen LogP contribution in [0.5, 0.6) is 23.0 Å². The van der Waals surface area contributed by atoms with Crippen molar-refractivity contribution in [1.29, 1.82) is 0 Å². The van der Waals surface area contributed by atoms with Gasteiger partial charge in [-0.2, -0.15) is 18.3 Å². The van der Waals surface area contributed by atoms with E-state index in [1.165, 1.54) is 37.6 Å². The first kappa shape index (κ1) is 26.7. The van der Waals surface area contributed by atoms with Crippen molar-refractivity contribution in [2.24, 2.45) is 5.10 Å². The third-order valence-corrected chi connectivity index (χ3v) is 4.77. The number of nitrogens with zero attached hydrogens (tertiary/aromatic N) is 2. The van der Waals surface area contributed by atoms with Crippen LogP contribution in [0.4, 0.5) is 18.9 Å². The lowest BCUT2D eigenvalue weighted by Gasteiger charge is -2.11. The Bertz CT molecular complexity index is 1340. The van der Waals surface area contributed by atoms with Gasteiger partial charge in [-0.05, 0) is 42.5 Å². The first-order valence-electron chi connectivity index (χ1n) is 10.5. The molecular weight excluding hydrogens is 495 g/mol. The zero-order valence-corrected chi connectivity index (χ0v) is 19.3. The Morgan fingerprint density at radius 3 is 2.49 bits per heavy atom. The molecule has 0 spiro atoms. The summed E-state index contributed by atoms with van der Waals surface area (Å²) in [4.78, 5) is 22.9. The van der Waals surface area contributed by atoms with Gasteiger partial charge in [-0.1, -0.05) is 24.8 Å². The van der Waals surface area contributed by atoms with Crippen molar-refractivity contribution >= 4 is 17.8 Å². The lowest BCUT2D eigenvalue weighted by atomic mass is 10.1. The molecule has 0 bridgehead atoms. The van der Waals surface area contributed by atoms with E-state index in [0.29, 0.717) is 29.2 Å². The molecule has 0 unspecified atom stereocenters. The van der Waals surface area contributed by atoms with Gasteiger partial charge in [0, 0.05) is 17.2 Å². The number of hydrogen-bond acceptors (Lipinski definition) is 7. The molecule has 0 aliphatic carbocycles. The molecule has 0 radical (unpaired) electrons. The lowest BCUT2D eigenvalue weighted by molar-refractivity contribution is -0.385. The molecule has 1 amide bonds. The zero-order chi connectivity index (χ0) is 27.0. The summed E-state index contributed by atoms with van der Waals surface area (Å²) < 4.78 is 55.1. The number of halogens is 3. The highest BCUT2D eigenvalue weighted by Gasteiger charge is 2.33. The summed E-state index contributed by atoms with van der Waals surface area (Å²) in [6.45, 7) is 3.82. The Kier molecular flexibility index (Phi) is 8.46. The van der Waals surface area contributed by atoms with E-state index in [9.17, 15) is 28.1 Å². The number of nitro groups is 1. The summed E-state index contributed by atoms with van der Waals surface area (Å²) in [5.41, 5.74) is 0.820.